The Kier molecular flexibility index (Phi) is 7.54. The fourth-order valence-corrected chi connectivity index (χ4v) is 9.11. The maximum absolute atomic E-state index is 12.6. The SMILES string of the molecule is C[C@H](O)[C@H]1CC[C@H]2[C@@H]3CCC4CC(NC(=O)CCNC(=O)OC(C)(C)C)CC[C@]4(C)[C@H]3CC[C@]12C. The van der Waals surface area contributed by atoms with Crippen molar-refractivity contribution in [3.8, 4) is 0 Å². The van der Waals surface area contributed by atoms with Gasteiger partial charge in [0, 0.05) is 19.0 Å². The summed E-state index contributed by atoms with van der Waals surface area (Å²) in [6.45, 7) is 12.8. The van der Waals surface area contributed by atoms with Crippen LogP contribution in [-0.4, -0.2) is 41.4 Å². The zero-order valence-electron chi connectivity index (χ0n) is 23.0. The average molecular weight is 491 g/mol. The molecule has 0 aromatic rings. The number of aliphatic hydroxyl groups excluding tert-OH is 1. The average Bonchev–Trinajstić information content (AvgIpc) is 3.10. The van der Waals surface area contributed by atoms with E-state index in [0.717, 1.165) is 30.6 Å². The molecule has 0 aliphatic heterocycles. The summed E-state index contributed by atoms with van der Waals surface area (Å²) in [5.41, 5.74) is 0.164. The van der Waals surface area contributed by atoms with Gasteiger partial charge in [-0.3, -0.25) is 4.79 Å². The molecule has 6 heteroatoms. The second-order valence-electron chi connectivity index (χ2n) is 13.8. The second kappa shape index (κ2) is 9.87. The lowest BCUT2D eigenvalue weighted by molar-refractivity contribution is -0.129. The number of ether oxygens (including phenoxy) is 1. The predicted molar refractivity (Wildman–Crippen MR) is 138 cm³/mol. The molecule has 4 aliphatic carbocycles. The van der Waals surface area contributed by atoms with Crippen molar-refractivity contribution in [1.82, 2.24) is 10.6 Å². The zero-order valence-corrected chi connectivity index (χ0v) is 23.0. The van der Waals surface area contributed by atoms with Crippen molar-refractivity contribution < 1.29 is 19.4 Å². The monoisotopic (exact) mass is 490 g/mol. The minimum atomic E-state index is -0.534. The highest BCUT2D eigenvalue weighted by Gasteiger charge is 2.60. The first-order valence-corrected chi connectivity index (χ1v) is 14.3. The number of alkyl carbamates (subject to hydrolysis) is 1. The van der Waals surface area contributed by atoms with Crippen LogP contribution < -0.4 is 10.6 Å². The van der Waals surface area contributed by atoms with Crippen LogP contribution in [-0.2, 0) is 9.53 Å². The standard InChI is InChI=1S/C29H50N2O4/c1-18(32)22-9-10-23-21-8-7-19-17-20(11-14-28(19,5)24(21)12-15-29(22,23)6)31-25(33)13-16-30-26(34)35-27(2,3)4/h18-24,32H,7-17H2,1-6H3,(H,30,34)(H,31,33)/t18-,19?,20?,21-,22+,23-,24-,28-,29+/m0/s1. The van der Waals surface area contributed by atoms with Crippen molar-refractivity contribution >= 4 is 12.0 Å². The molecule has 0 bridgehead atoms. The number of fused-ring (bicyclic) bond motifs is 5. The molecule has 4 aliphatic rings. The van der Waals surface area contributed by atoms with Gasteiger partial charge in [0.2, 0.25) is 5.91 Å². The lowest BCUT2D eigenvalue weighted by Crippen LogP contribution is -2.55. The first-order chi connectivity index (χ1) is 16.3. The number of hydrogen-bond acceptors (Lipinski definition) is 4. The fourth-order valence-electron chi connectivity index (χ4n) is 9.11. The van der Waals surface area contributed by atoms with Crippen molar-refractivity contribution in [2.75, 3.05) is 6.54 Å². The van der Waals surface area contributed by atoms with Crippen molar-refractivity contribution in [2.45, 2.75) is 123 Å². The molecular formula is C29H50N2O4. The summed E-state index contributed by atoms with van der Waals surface area (Å²) >= 11 is 0. The second-order valence-corrected chi connectivity index (χ2v) is 13.8. The Balaban J connectivity index is 1.29. The van der Waals surface area contributed by atoms with Gasteiger partial charge in [0.25, 0.3) is 0 Å². The van der Waals surface area contributed by atoms with Crippen LogP contribution in [0.5, 0.6) is 0 Å². The molecule has 3 N–H and O–H groups in total. The molecule has 4 saturated carbocycles. The summed E-state index contributed by atoms with van der Waals surface area (Å²) in [5, 5.41) is 16.4. The lowest BCUT2D eigenvalue weighted by atomic mass is 9.44. The van der Waals surface area contributed by atoms with Crippen LogP contribution in [0.25, 0.3) is 0 Å². The van der Waals surface area contributed by atoms with Gasteiger partial charge in [0.15, 0.2) is 0 Å². The van der Waals surface area contributed by atoms with E-state index in [9.17, 15) is 14.7 Å². The Bertz CT molecular complexity index is 792. The highest BCUT2D eigenvalue weighted by atomic mass is 16.6. The first-order valence-electron chi connectivity index (χ1n) is 14.3. The van der Waals surface area contributed by atoms with Crippen LogP contribution in [0.2, 0.25) is 0 Å². The predicted octanol–water partition coefficient (Wildman–Crippen LogP) is 5.43. The van der Waals surface area contributed by atoms with Gasteiger partial charge in [-0.05, 0) is 126 Å². The van der Waals surface area contributed by atoms with Gasteiger partial charge in [0.1, 0.15) is 5.60 Å². The highest BCUT2D eigenvalue weighted by molar-refractivity contribution is 5.77. The van der Waals surface area contributed by atoms with Gasteiger partial charge in [-0.1, -0.05) is 13.8 Å². The zero-order chi connectivity index (χ0) is 25.6. The maximum atomic E-state index is 12.6. The van der Waals surface area contributed by atoms with Gasteiger partial charge in [0.05, 0.1) is 6.10 Å². The summed E-state index contributed by atoms with van der Waals surface area (Å²) in [6, 6.07) is 0.249. The van der Waals surface area contributed by atoms with E-state index in [1.165, 1.54) is 44.9 Å². The van der Waals surface area contributed by atoms with Crippen molar-refractivity contribution in [1.29, 1.82) is 0 Å². The Morgan fingerprint density at radius 3 is 2.37 bits per heavy atom. The van der Waals surface area contributed by atoms with Crippen LogP contribution in [0, 0.1) is 40.4 Å². The van der Waals surface area contributed by atoms with E-state index in [2.05, 4.69) is 24.5 Å². The molecule has 0 saturated heterocycles. The fraction of sp³-hybridized carbons (Fsp3) is 0.931. The van der Waals surface area contributed by atoms with Gasteiger partial charge in [-0.2, -0.15) is 0 Å². The maximum Gasteiger partial charge on any atom is 0.407 e. The van der Waals surface area contributed by atoms with E-state index in [-0.39, 0.29) is 24.5 Å². The number of aliphatic hydroxyl groups is 1. The molecule has 0 heterocycles. The Morgan fingerprint density at radius 2 is 1.69 bits per heavy atom. The van der Waals surface area contributed by atoms with Crippen LogP contribution in [0.1, 0.15) is 106 Å². The third kappa shape index (κ3) is 5.38. The van der Waals surface area contributed by atoms with Gasteiger partial charge in [-0.25, -0.2) is 4.79 Å². The van der Waals surface area contributed by atoms with E-state index in [1.807, 2.05) is 27.7 Å². The molecule has 9 atom stereocenters. The molecule has 6 nitrogen and oxygen atoms in total. The van der Waals surface area contributed by atoms with Crippen LogP contribution in [0.3, 0.4) is 0 Å². The molecule has 200 valence electrons. The molecule has 2 unspecified atom stereocenters. The first kappa shape index (κ1) is 26.8. The van der Waals surface area contributed by atoms with Crippen molar-refractivity contribution in [2.24, 2.45) is 40.4 Å². The molecular weight excluding hydrogens is 440 g/mol. The molecule has 35 heavy (non-hydrogen) atoms. The third-order valence-corrected chi connectivity index (χ3v) is 10.7. The minimum Gasteiger partial charge on any atom is -0.444 e. The largest absolute Gasteiger partial charge is 0.444 e. The summed E-state index contributed by atoms with van der Waals surface area (Å²) in [7, 11) is 0. The van der Waals surface area contributed by atoms with Crippen molar-refractivity contribution in [3.05, 3.63) is 0 Å². The Morgan fingerprint density at radius 1 is 1.00 bits per heavy atom. The summed E-state index contributed by atoms with van der Waals surface area (Å²) in [6.07, 6.45) is 10.6. The summed E-state index contributed by atoms with van der Waals surface area (Å²) in [4.78, 5) is 24.4. The normalized spacial score (nSPS) is 41.7. The molecule has 4 fully saturated rings. The van der Waals surface area contributed by atoms with E-state index in [0.29, 0.717) is 29.2 Å². The number of rotatable bonds is 5. The molecule has 2 amide bonds. The number of nitrogens with one attached hydrogen (secondary N) is 2. The van der Waals surface area contributed by atoms with E-state index in [1.54, 1.807) is 0 Å². The van der Waals surface area contributed by atoms with Gasteiger partial charge in [-0.15, -0.1) is 0 Å². The van der Waals surface area contributed by atoms with Crippen LogP contribution >= 0.6 is 0 Å². The lowest BCUT2D eigenvalue weighted by Gasteiger charge is -2.61. The van der Waals surface area contributed by atoms with Crippen molar-refractivity contribution in [3.63, 3.8) is 0 Å². The molecule has 0 spiro atoms. The summed E-state index contributed by atoms with van der Waals surface area (Å²) < 4.78 is 5.24. The number of carbonyl (C=O) groups is 2. The van der Waals surface area contributed by atoms with Crippen LogP contribution in [0.15, 0.2) is 0 Å². The third-order valence-electron chi connectivity index (χ3n) is 10.7. The number of hydrogen-bond donors (Lipinski definition) is 3. The number of amides is 2. The Hall–Kier alpha value is -1.30. The Labute approximate surface area is 212 Å². The molecule has 0 aromatic heterocycles. The molecule has 0 aromatic carbocycles. The topological polar surface area (TPSA) is 87.7 Å². The van der Waals surface area contributed by atoms with Crippen LogP contribution in [0.4, 0.5) is 4.79 Å². The van der Waals surface area contributed by atoms with Gasteiger partial charge >= 0.3 is 6.09 Å². The number of carbonyl (C=O) groups excluding carboxylic acids is 2. The van der Waals surface area contributed by atoms with E-state index < -0.39 is 11.7 Å². The quantitative estimate of drug-likeness (QED) is 0.480. The van der Waals surface area contributed by atoms with Gasteiger partial charge < -0.3 is 20.5 Å². The minimum absolute atomic E-state index is 0.0203. The highest BCUT2D eigenvalue weighted by Crippen LogP contribution is 2.67. The smallest absolute Gasteiger partial charge is 0.407 e. The summed E-state index contributed by atoms with van der Waals surface area (Å²) in [5.74, 6) is 3.54. The molecule has 4 rings (SSSR count). The van der Waals surface area contributed by atoms with E-state index >= 15 is 0 Å². The van der Waals surface area contributed by atoms with E-state index in [4.69, 9.17) is 4.74 Å². The molecule has 0 radical (unpaired) electrons.